The number of benzene rings is 1. The van der Waals surface area contributed by atoms with Crippen molar-refractivity contribution in [3.63, 3.8) is 0 Å². The molecule has 1 aromatic rings. The number of ether oxygens (including phenoxy) is 2. The zero-order valence-electron chi connectivity index (χ0n) is 15.6. The van der Waals surface area contributed by atoms with Gasteiger partial charge in [0.25, 0.3) is 5.91 Å². The largest absolute Gasteiger partial charge is 0.483 e. The Kier molecular flexibility index (Phi) is 7.91. The van der Waals surface area contributed by atoms with Gasteiger partial charge < -0.3 is 19.7 Å². The van der Waals surface area contributed by atoms with Crippen LogP contribution in [0, 0.1) is 6.92 Å². The maximum atomic E-state index is 12.6. The molecule has 148 valence electrons. The quantitative estimate of drug-likeness (QED) is 0.537. The number of esters is 1. The number of carbonyl (C=O) groups is 3. The standard InChI is InChI=1S/C19H25ClN2O5/c1-3-4-9-26-18(24)11-15-19(25)21-7-8-22(15)17(23)12-27-16-6-5-14(20)10-13(16)2/h5-6,10,15H,3-4,7-9,11-12H2,1-2H3,(H,21,25)/t15-/m0/s1. The molecule has 1 atom stereocenters. The molecule has 0 spiro atoms. The zero-order chi connectivity index (χ0) is 19.8. The van der Waals surface area contributed by atoms with E-state index in [2.05, 4.69) is 5.32 Å². The highest BCUT2D eigenvalue weighted by molar-refractivity contribution is 6.30. The number of amides is 2. The van der Waals surface area contributed by atoms with Gasteiger partial charge in [0.05, 0.1) is 13.0 Å². The normalized spacial score (nSPS) is 16.6. The Bertz CT molecular complexity index is 695. The van der Waals surface area contributed by atoms with Gasteiger partial charge in [-0.15, -0.1) is 0 Å². The van der Waals surface area contributed by atoms with Crippen LogP contribution in [-0.2, 0) is 19.1 Å². The lowest BCUT2D eigenvalue weighted by Gasteiger charge is -2.34. The maximum Gasteiger partial charge on any atom is 0.308 e. The number of piperazine rings is 1. The van der Waals surface area contributed by atoms with E-state index in [1.54, 1.807) is 18.2 Å². The van der Waals surface area contributed by atoms with Crippen molar-refractivity contribution in [3.05, 3.63) is 28.8 Å². The summed E-state index contributed by atoms with van der Waals surface area (Å²) in [6.45, 7) is 4.57. The molecule has 1 fully saturated rings. The summed E-state index contributed by atoms with van der Waals surface area (Å²) in [5.41, 5.74) is 0.808. The molecule has 0 radical (unpaired) electrons. The Balaban J connectivity index is 1.96. The molecular weight excluding hydrogens is 372 g/mol. The Hall–Kier alpha value is -2.28. The lowest BCUT2D eigenvalue weighted by atomic mass is 10.1. The van der Waals surface area contributed by atoms with Crippen LogP contribution in [0.5, 0.6) is 5.75 Å². The van der Waals surface area contributed by atoms with E-state index in [4.69, 9.17) is 21.1 Å². The molecular formula is C19H25ClN2O5. The third-order valence-corrected chi connectivity index (χ3v) is 4.50. The molecule has 7 nitrogen and oxygen atoms in total. The summed E-state index contributed by atoms with van der Waals surface area (Å²) in [7, 11) is 0. The van der Waals surface area contributed by atoms with Gasteiger partial charge in [-0.1, -0.05) is 24.9 Å². The number of hydrogen-bond donors (Lipinski definition) is 1. The van der Waals surface area contributed by atoms with Crippen LogP contribution in [0.25, 0.3) is 0 Å². The lowest BCUT2D eigenvalue weighted by Crippen LogP contribution is -2.58. The summed E-state index contributed by atoms with van der Waals surface area (Å²) < 4.78 is 10.7. The van der Waals surface area contributed by atoms with E-state index in [1.807, 2.05) is 13.8 Å². The molecule has 1 aromatic carbocycles. The first kappa shape index (κ1) is 21.0. The van der Waals surface area contributed by atoms with Crippen molar-refractivity contribution in [3.8, 4) is 5.75 Å². The molecule has 0 bridgehead atoms. The van der Waals surface area contributed by atoms with Crippen molar-refractivity contribution in [2.24, 2.45) is 0 Å². The molecule has 27 heavy (non-hydrogen) atoms. The van der Waals surface area contributed by atoms with Crippen molar-refractivity contribution in [2.75, 3.05) is 26.3 Å². The summed E-state index contributed by atoms with van der Waals surface area (Å²) in [5.74, 6) is -0.655. The molecule has 1 heterocycles. The van der Waals surface area contributed by atoms with Crippen LogP contribution >= 0.6 is 11.6 Å². The molecule has 0 saturated carbocycles. The number of rotatable bonds is 8. The fourth-order valence-corrected chi connectivity index (χ4v) is 2.99. The van der Waals surface area contributed by atoms with Gasteiger partial charge in [0, 0.05) is 18.1 Å². The smallest absolute Gasteiger partial charge is 0.308 e. The van der Waals surface area contributed by atoms with Gasteiger partial charge in [-0.25, -0.2) is 0 Å². The van der Waals surface area contributed by atoms with Crippen molar-refractivity contribution < 1.29 is 23.9 Å². The number of hydrogen-bond acceptors (Lipinski definition) is 5. The van der Waals surface area contributed by atoms with Gasteiger partial charge in [-0.05, 0) is 37.1 Å². The highest BCUT2D eigenvalue weighted by Crippen LogP contribution is 2.22. The van der Waals surface area contributed by atoms with Crippen molar-refractivity contribution in [1.82, 2.24) is 10.2 Å². The van der Waals surface area contributed by atoms with Crippen LogP contribution in [0.15, 0.2) is 18.2 Å². The fraction of sp³-hybridized carbons (Fsp3) is 0.526. The second-order valence-corrected chi connectivity index (χ2v) is 6.81. The Labute approximate surface area is 163 Å². The number of halogens is 1. The Morgan fingerprint density at radius 2 is 2.15 bits per heavy atom. The van der Waals surface area contributed by atoms with Gasteiger partial charge in [0.2, 0.25) is 5.91 Å². The molecule has 8 heteroatoms. The molecule has 2 amide bonds. The van der Waals surface area contributed by atoms with E-state index >= 15 is 0 Å². The number of nitrogens with zero attached hydrogens (tertiary/aromatic N) is 1. The average Bonchev–Trinajstić information content (AvgIpc) is 2.62. The first-order valence-electron chi connectivity index (χ1n) is 9.04. The average molecular weight is 397 g/mol. The first-order valence-corrected chi connectivity index (χ1v) is 9.42. The number of aryl methyl sites for hydroxylation is 1. The van der Waals surface area contributed by atoms with E-state index in [9.17, 15) is 14.4 Å². The Morgan fingerprint density at radius 3 is 2.85 bits per heavy atom. The third kappa shape index (κ3) is 6.13. The van der Waals surface area contributed by atoms with Crippen molar-refractivity contribution in [1.29, 1.82) is 0 Å². The minimum atomic E-state index is -0.879. The molecule has 1 saturated heterocycles. The monoisotopic (exact) mass is 396 g/mol. The fourth-order valence-electron chi connectivity index (χ4n) is 2.76. The summed E-state index contributed by atoms with van der Waals surface area (Å²) in [6.07, 6.45) is 1.50. The number of carbonyl (C=O) groups excluding carboxylic acids is 3. The summed E-state index contributed by atoms with van der Waals surface area (Å²) in [4.78, 5) is 38.1. The first-order chi connectivity index (χ1) is 12.9. The van der Waals surface area contributed by atoms with Crippen LogP contribution in [0.2, 0.25) is 5.02 Å². The second kappa shape index (κ2) is 10.2. The van der Waals surface area contributed by atoms with Crippen molar-refractivity contribution >= 4 is 29.4 Å². The van der Waals surface area contributed by atoms with Gasteiger partial charge in [0.15, 0.2) is 6.61 Å². The van der Waals surface area contributed by atoms with Gasteiger partial charge in [0.1, 0.15) is 11.8 Å². The molecule has 0 aromatic heterocycles. The predicted molar refractivity (Wildman–Crippen MR) is 101 cm³/mol. The Morgan fingerprint density at radius 1 is 1.37 bits per heavy atom. The molecule has 1 aliphatic heterocycles. The van der Waals surface area contributed by atoms with Gasteiger partial charge >= 0.3 is 5.97 Å². The van der Waals surface area contributed by atoms with Crippen LogP contribution in [0.1, 0.15) is 31.7 Å². The minimum Gasteiger partial charge on any atom is -0.483 e. The number of unbranched alkanes of at least 4 members (excludes halogenated alkanes) is 1. The minimum absolute atomic E-state index is 0.165. The summed E-state index contributed by atoms with van der Waals surface area (Å²) in [5, 5.41) is 3.27. The van der Waals surface area contributed by atoms with Crippen LogP contribution < -0.4 is 10.1 Å². The topological polar surface area (TPSA) is 84.9 Å². The highest BCUT2D eigenvalue weighted by atomic mass is 35.5. The summed E-state index contributed by atoms with van der Waals surface area (Å²) in [6, 6.07) is 4.23. The van der Waals surface area contributed by atoms with Crippen LogP contribution in [0.4, 0.5) is 0 Å². The second-order valence-electron chi connectivity index (χ2n) is 6.37. The SMILES string of the molecule is CCCCOC(=O)C[C@H]1C(=O)NCCN1C(=O)COc1ccc(Cl)cc1C. The van der Waals surface area contributed by atoms with Gasteiger partial charge in [-0.3, -0.25) is 14.4 Å². The van der Waals surface area contributed by atoms with E-state index in [0.717, 1.165) is 18.4 Å². The zero-order valence-corrected chi connectivity index (χ0v) is 16.4. The summed E-state index contributed by atoms with van der Waals surface area (Å²) >= 11 is 5.91. The molecule has 0 aliphatic carbocycles. The molecule has 1 N–H and O–H groups in total. The third-order valence-electron chi connectivity index (χ3n) is 4.26. The van der Waals surface area contributed by atoms with Gasteiger partial charge in [-0.2, -0.15) is 0 Å². The van der Waals surface area contributed by atoms with Crippen LogP contribution in [-0.4, -0.2) is 55.0 Å². The number of nitrogens with one attached hydrogen (secondary N) is 1. The molecule has 1 aliphatic rings. The molecule has 2 rings (SSSR count). The maximum absolute atomic E-state index is 12.6. The van der Waals surface area contributed by atoms with Crippen LogP contribution in [0.3, 0.4) is 0 Å². The van der Waals surface area contributed by atoms with E-state index in [1.165, 1.54) is 4.90 Å². The molecule has 0 unspecified atom stereocenters. The van der Waals surface area contributed by atoms with E-state index < -0.39 is 12.0 Å². The lowest BCUT2D eigenvalue weighted by molar-refractivity contribution is -0.152. The highest BCUT2D eigenvalue weighted by Gasteiger charge is 2.35. The predicted octanol–water partition coefficient (Wildman–Crippen LogP) is 2.09. The van der Waals surface area contributed by atoms with E-state index in [0.29, 0.717) is 30.5 Å². The van der Waals surface area contributed by atoms with Crippen molar-refractivity contribution in [2.45, 2.75) is 39.2 Å². The van der Waals surface area contributed by atoms with E-state index in [-0.39, 0.29) is 24.8 Å².